The van der Waals surface area contributed by atoms with Crippen LogP contribution in [0.2, 0.25) is 0 Å². The lowest BCUT2D eigenvalue weighted by molar-refractivity contribution is -0.115. The highest BCUT2D eigenvalue weighted by Gasteiger charge is 2.08. The molecule has 0 bridgehead atoms. The van der Waals surface area contributed by atoms with Gasteiger partial charge in [0.1, 0.15) is 0 Å². The Morgan fingerprint density at radius 1 is 1.08 bits per heavy atom. The van der Waals surface area contributed by atoms with Gasteiger partial charge in [-0.15, -0.1) is 0 Å². The molecule has 0 radical (unpaired) electrons. The molecule has 0 atom stereocenters. The summed E-state index contributed by atoms with van der Waals surface area (Å²) in [4.78, 5) is 23.5. The summed E-state index contributed by atoms with van der Waals surface area (Å²) in [6.07, 6.45) is 0.329. The number of rotatable bonds is 6. The number of aryl methyl sites for hydroxylation is 2. The highest BCUT2D eigenvalue weighted by molar-refractivity contribution is 5.94. The predicted molar refractivity (Wildman–Crippen MR) is 95.4 cm³/mol. The summed E-state index contributed by atoms with van der Waals surface area (Å²) in [6, 6.07) is 12.9. The number of benzene rings is 2. The summed E-state index contributed by atoms with van der Waals surface area (Å²) in [6.45, 7) is 4.60. The summed E-state index contributed by atoms with van der Waals surface area (Å²) < 4.78 is 4.67. The average Bonchev–Trinajstić information content (AvgIpc) is 2.57. The van der Waals surface area contributed by atoms with Crippen LogP contribution in [0.4, 0.5) is 11.4 Å². The molecule has 0 saturated carbocycles. The molecule has 5 heteroatoms. The lowest BCUT2D eigenvalue weighted by Gasteiger charge is -2.11. The van der Waals surface area contributed by atoms with Gasteiger partial charge < -0.3 is 15.4 Å². The van der Waals surface area contributed by atoms with E-state index in [0.29, 0.717) is 24.2 Å². The number of carbonyl (C=O) groups is 2. The van der Waals surface area contributed by atoms with E-state index in [4.69, 9.17) is 0 Å². The number of carbonyl (C=O) groups excluding carboxylic acids is 2. The van der Waals surface area contributed by atoms with Gasteiger partial charge in [-0.3, -0.25) is 4.79 Å². The molecule has 0 aliphatic heterocycles. The molecule has 24 heavy (non-hydrogen) atoms. The molecule has 0 saturated heterocycles. The molecule has 0 fully saturated rings. The molecular formula is C19H22N2O3. The van der Waals surface area contributed by atoms with E-state index >= 15 is 0 Å². The Hall–Kier alpha value is -2.82. The molecule has 0 spiro atoms. The van der Waals surface area contributed by atoms with E-state index in [0.717, 1.165) is 11.3 Å². The van der Waals surface area contributed by atoms with Crippen LogP contribution in [0.5, 0.6) is 0 Å². The van der Waals surface area contributed by atoms with Crippen molar-refractivity contribution < 1.29 is 14.3 Å². The standard InChI is InChI=1S/C19H22N2O3/c1-13-7-8-14(2)17(11-13)20-10-9-18(22)21-16-6-4-5-15(12-16)19(23)24-3/h4-8,11-12,20H,9-10H2,1-3H3,(H,21,22). The minimum atomic E-state index is -0.428. The smallest absolute Gasteiger partial charge is 0.337 e. The molecule has 126 valence electrons. The van der Waals surface area contributed by atoms with Gasteiger partial charge in [0.05, 0.1) is 12.7 Å². The molecule has 1 amide bonds. The second-order valence-corrected chi connectivity index (χ2v) is 5.62. The largest absolute Gasteiger partial charge is 0.465 e. The van der Waals surface area contributed by atoms with Crippen LogP contribution in [0.3, 0.4) is 0 Å². The average molecular weight is 326 g/mol. The summed E-state index contributed by atoms with van der Waals surface area (Å²) in [5.41, 5.74) is 4.34. The third-order valence-corrected chi connectivity index (χ3v) is 3.63. The summed E-state index contributed by atoms with van der Waals surface area (Å²) >= 11 is 0. The second-order valence-electron chi connectivity index (χ2n) is 5.62. The van der Waals surface area contributed by atoms with E-state index < -0.39 is 5.97 Å². The number of ether oxygens (including phenoxy) is 1. The topological polar surface area (TPSA) is 67.4 Å². The fourth-order valence-corrected chi connectivity index (χ4v) is 2.30. The van der Waals surface area contributed by atoms with Crippen molar-refractivity contribution in [3.8, 4) is 0 Å². The Labute approximate surface area is 142 Å². The van der Waals surface area contributed by atoms with Crippen LogP contribution in [-0.4, -0.2) is 25.5 Å². The molecule has 2 rings (SSSR count). The SMILES string of the molecule is COC(=O)c1cccc(NC(=O)CCNc2cc(C)ccc2C)c1. The maximum atomic E-state index is 12.0. The van der Waals surface area contributed by atoms with E-state index in [1.165, 1.54) is 12.7 Å². The molecule has 0 aromatic heterocycles. The van der Waals surface area contributed by atoms with Gasteiger partial charge in [-0.25, -0.2) is 4.79 Å². The normalized spacial score (nSPS) is 10.1. The Kier molecular flexibility index (Phi) is 5.95. The third-order valence-electron chi connectivity index (χ3n) is 3.63. The molecular weight excluding hydrogens is 304 g/mol. The fraction of sp³-hybridized carbons (Fsp3) is 0.263. The van der Waals surface area contributed by atoms with E-state index in [1.807, 2.05) is 13.8 Å². The summed E-state index contributed by atoms with van der Waals surface area (Å²) in [5, 5.41) is 6.06. The minimum absolute atomic E-state index is 0.116. The molecule has 5 nitrogen and oxygen atoms in total. The maximum absolute atomic E-state index is 12.0. The number of methoxy groups -OCH3 is 1. The number of nitrogens with one attached hydrogen (secondary N) is 2. The van der Waals surface area contributed by atoms with Gasteiger partial charge in [-0.1, -0.05) is 18.2 Å². The first kappa shape index (κ1) is 17.5. The van der Waals surface area contributed by atoms with Crippen LogP contribution in [0.1, 0.15) is 27.9 Å². The Morgan fingerprint density at radius 3 is 2.62 bits per heavy atom. The number of esters is 1. The first-order valence-corrected chi connectivity index (χ1v) is 7.79. The van der Waals surface area contributed by atoms with Gasteiger partial charge in [0.2, 0.25) is 5.91 Å². The van der Waals surface area contributed by atoms with E-state index in [1.54, 1.807) is 24.3 Å². The minimum Gasteiger partial charge on any atom is -0.465 e. The Bertz CT molecular complexity index is 741. The van der Waals surface area contributed by atoms with Crippen LogP contribution in [-0.2, 0) is 9.53 Å². The van der Waals surface area contributed by atoms with Crippen molar-refractivity contribution >= 4 is 23.3 Å². The summed E-state index contributed by atoms with van der Waals surface area (Å²) in [5.74, 6) is -0.544. The Morgan fingerprint density at radius 2 is 1.88 bits per heavy atom. The number of amides is 1. The summed E-state index contributed by atoms with van der Waals surface area (Å²) in [7, 11) is 1.33. The van der Waals surface area contributed by atoms with Crippen LogP contribution >= 0.6 is 0 Å². The molecule has 0 aliphatic carbocycles. The monoisotopic (exact) mass is 326 g/mol. The predicted octanol–water partition coefficient (Wildman–Crippen LogP) is 3.53. The van der Waals surface area contributed by atoms with Crippen LogP contribution in [0.15, 0.2) is 42.5 Å². The lowest BCUT2D eigenvalue weighted by atomic mass is 10.1. The van der Waals surface area contributed by atoms with Crippen molar-refractivity contribution in [2.75, 3.05) is 24.3 Å². The number of hydrogen-bond donors (Lipinski definition) is 2. The first-order valence-electron chi connectivity index (χ1n) is 7.79. The highest BCUT2D eigenvalue weighted by Crippen LogP contribution is 2.16. The maximum Gasteiger partial charge on any atom is 0.337 e. The quantitative estimate of drug-likeness (QED) is 0.797. The zero-order chi connectivity index (χ0) is 17.5. The fourth-order valence-electron chi connectivity index (χ4n) is 2.30. The van der Waals surface area contributed by atoms with Crippen molar-refractivity contribution in [3.05, 3.63) is 59.2 Å². The Balaban J connectivity index is 1.87. The third kappa shape index (κ3) is 4.84. The first-order chi connectivity index (χ1) is 11.5. The molecule has 2 aromatic rings. The van der Waals surface area contributed by atoms with Crippen molar-refractivity contribution in [3.63, 3.8) is 0 Å². The lowest BCUT2D eigenvalue weighted by Crippen LogP contribution is -2.17. The van der Waals surface area contributed by atoms with Crippen molar-refractivity contribution in [2.24, 2.45) is 0 Å². The van der Waals surface area contributed by atoms with Crippen LogP contribution in [0, 0.1) is 13.8 Å². The van der Waals surface area contributed by atoms with Crippen LogP contribution < -0.4 is 10.6 Å². The highest BCUT2D eigenvalue weighted by atomic mass is 16.5. The zero-order valence-electron chi connectivity index (χ0n) is 14.2. The second kappa shape index (κ2) is 8.15. The van der Waals surface area contributed by atoms with Gasteiger partial charge in [0.25, 0.3) is 0 Å². The van der Waals surface area contributed by atoms with Gasteiger partial charge in [0, 0.05) is 24.3 Å². The molecule has 0 heterocycles. The van der Waals surface area contributed by atoms with Gasteiger partial charge in [-0.05, 0) is 49.2 Å². The van der Waals surface area contributed by atoms with Gasteiger partial charge in [-0.2, -0.15) is 0 Å². The molecule has 0 aliphatic rings. The van der Waals surface area contributed by atoms with Crippen LogP contribution in [0.25, 0.3) is 0 Å². The molecule has 2 aromatic carbocycles. The molecule has 0 unspecified atom stereocenters. The van der Waals surface area contributed by atoms with E-state index in [9.17, 15) is 9.59 Å². The molecule has 2 N–H and O–H groups in total. The van der Waals surface area contributed by atoms with E-state index in [2.05, 4.69) is 33.6 Å². The van der Waals surface area contributed by atoms with Gasteiger partial charge in [0.15, 0.2) is 0 Å². The van der Waals surface area contributed by atoms with Crippen molar-refractivity contribution in [2.45, 2.75) is 20.3 Å². The number of hydrogen-bond acceptors (Lipinski definition) is 4. The van der Waals surface area contributed by atoms with E-state index in [-0.39, 0.29) is 5.91 Å². The van der Waals surface area contributed by atoms with Crippen molar-refractivity contribution in [1.29, 1.82) is 0 Å². The number of anilines is 2. The van der Waals surface area contributed by atoms with Crippen molar-refractivity contribution in [1.82, 2.24) is 0 Å². The van der Waals surface area contributed by atoms with Gasteiger partial charge >= 0.3 is 5.97 Å². The zero-order valence-corrected chi connectivity index (χ0v) is 14.2.